The van der Waals surface area contributed by atoms with Gasteiger partial charge in [-0.3, -0.25) is 0 Å². The molecule has 4 heteroatoms. The first-order chi connectivity index (χ1) is 8.16. The summed E-state index contributed by atoms with van der Waals surface area (Å²) in [6.45, 7) is 0.820. The van der Waals surface area contributed by atoms with E-state index in [1.165, 1.54) is 31.2 Å². The minimum absolute atomic E-state index is 0.500. The van der Waals surface area contributed by atoms with E-state index in [9.17, 15) is 0 Å². The summed E-state index contributed by atoms with van der Waals surface area (Å²) in [5.41, 5.74) is 1.25. The van der Waals surface area contributed by atoms with Crippen LogP contribution >= 0.6 is 39.7 Å². The maximum Gasteiger partial charge on any atom is 0.170 e. The molecule has 17 heavy (non-hydrogen) atoms. The molecule has 1 aromatic carbocycles. The zero-order valence-electron chi connectivity index (χ0n) is 9.53. The van der Waals surface area contributed by atoms with Gasteiger partial charge in [-0.25, -0.2) is 0 Å². The molecule has 0 unspecified atom stereocenters. The largest absolute Gasteiger partial charge is 0.346 e. The number of hydrogen-bond donors (Lipinski definition) is 0. The molecule has 1 saturated carbocycles. The van der Waals surface area contributed by atoms with Crippen LogP contribution in [-0.4, -0.2) is 15.4 Å². The van der Waals surface area contributed by atoms with Crippen molar-refractivity contribution in [3.63, 3.8) is 0 Å². The first-order valence-electron chi connectivity index (χ1n) is 5.87. The van der Waals surface area contributed by atoms with Crippen LogP contribution < -0.4 is 0 Å². The minimum Gasteiger partial charge on any atom is -0.346 e. The molecule has 0 aliphatic heterocycles. The maximum absolute atomic E-state index is 6.05. The van der Waals surface area contributed by atoms with Crippen molar-refractivity contribution in [3.05, 3.63) is 34.3 Å². The number of hydrogen-bond acceptors (Lipinski definition) is 1. The number of halogens is 2. The third-order valence-corrected chi connectivity index (χ3v) is 4.24. The standard InChI is InChI=1S/C13H15BrClNS/c14-11-7-5-10(6-8-11)9-16(13(15)17)12-3-1-2-4-12/h5-8,12H,1-4,9H2. The molecule has 1 fully saturated rings. The second-order valence-electron chi connectivity index (χ2n) is 4.45. The molecule has 1 nitrogen and oxygen atoms in total. The highest BCUT2D eigenvalue weighted by Gasteiger charge is 2.23. The average Bonchev–Trinajstić information content (AvgIpc) is 2.81. The molecule has 0 saturated heterocycles. The molecule has 0 heterocycles. The number of benzene rings is 1. The predicted molar refractivity (Wildman–Crippen MR) is 80.4 cm³/mol. The van der Waals surface area contributed by atoms with Gasteiger partial charge in [-0.05, 0) is 42.8 Å². The summed E-state index contributed by atoms with van der Waals surface area (Å²) in [6.07, 6.45) is 5.01. The van der Waals surface area contributed by atoms with Crippen molar-refractivity contribution >= 4 is 44.2 Å². The summed E-state index contributed by atoms with van der Waals surface area (Å²) >= 11 is 14.7. The number of rotatable bonds is 3. The van der Waals surface area contributed by atoms with Gasteiger partial charge in [-0.1, -0.05) is 52.5 Å². The van der Waals surface area contributed by atoms with E-state index < -0.39 is 0 Å². The first-order valence-corrected chi connectivity index (χ1v) is 7.45. The topological polar surface area (TPSA) is 3.24 Å². The molecule has 0 amide bonds. The molecule has 0 spiro atoms. The monoisotopic (exact) mass is 331 g/mol. The van der Waals surface area contributed by atoms with E-state index in [1.54, 1.807) is 0 Å². The fraction of sp³-hybridized carbons (Fsp3) is 0.462. The first kappa shape index (κ1) is 13.3. The van der Waals surface area contributed by atoms with Crippen LogP contribution in [0.4, 0.5) is 0 Å². The lowest BCUT2D eigenvalue weighted by molar-refractivity contribution is 0.318. The van der Waals surface area contributed by atoms with E-state index in [2.05, 4.69) is 45.1 Å². The van der Waals surface area contributed by atoms with Gasteiger partial charge in [0, 0.05) is 17.1 Å². The van der Waals surface area contributed by atoms with Crippen LogP contribution in [0.25, 0.3) is 0 Å². The molecule has 1 aliphatic rings. The Bertz CT molecular complexity index is 387. The molecule has 1 aromatic rings. The van der Waals surface area contributed by atoms with Crippen LogP contribution in [0, 0.1) is 0 Å². The molecule has 1 aliphatic carbocycles. The van der Waals surface area contributed by atoms with Crippen LogP contribution in [0.1, 0.15) is 31.2 Å². The van der Waals surface area contributed by atoms with Crippen molar-refractivity contribution in [1.82, 2.24) is 4.90 Å². The quantitative estimate of drug-likeness (QED) is 0.448. The van der Waals surface area contributed by atoms with Crippen molar-refractivity contribution in [1.29, 1.82) is 0 Å². The molecule has 0 radical (unpaired) electrons. The van der Waals surface area contributed by atoms with Gasteiger partial charge in [0.25, 0.3) is 0 Å². The van der Waals surface area contributed by atoms with Gasteiger partial charge < -0.3 is 4.90 Å². The second-order valence-corrected chi connectivity index (χ2v) is 6.33. The van der Waals surface area contributed by atoms with Gasteiger partial charge in [-0.2, -0.15) is 0 Å². The molecule has 92 valence electrons. The van der Waals surface area contributed by atoms with Crippen molar-refractivity contribution in [2.75, 3.05) is 0 Å². The molecule has 0 aromatic heterocycles. The Morgan fingerprint density at radius 3 is 2.41 bits per heavy atom. The lowest BCUT2D eigenvalue weighted by Crippen LogP contribution is -2.34. The lowest BCUT2D eigenvalue weighted by Gasteiger charge is -2.28. The fourth-order valence-electron chi connectivity index (χ4n) is 2.34. The van der Waals surface area contributed by atoms with E-state index in [1.807, 2.05) is 0 Å². The summed E-state index contributed by atoms with van der Waals surface area (Å²) in [7, 11) is 0. The third kappa shape index (κ3) is 3.67. The highest BCUT2D eigenvalue weighted by molar-refractivity contribution is 9.10. The number of nitrogens with zero attached hydrogens (tertiary/aromatic N) is 1. The Morgan fingerprint density at radius 2 is 1.88 bits per heavy atom. The Balaban J connectivity index is 2.06. The Hall–Kier alpha value is -0.120. The van der Waals surface area contributed by atoms with Gasteiger partial charge in [0.2, 0.25) is 0 Å². The van der Waals surface area contributed by atoms with Crippen LogP contribution in [0.5, 0.6) is 0 Å². The van der Waals surface area contributed by atoms with Crippen molar-refractivity contribution in [2.24, 2.45) is 0 Å². The Kier molecular flexibility index (Phi) is 4.83. The van der Waals surface area contributed by atoms with Gasteiger partial charge in [0.05, 0.1) is 0 Å². The summed E-state index contributed by atoms with van der Waals surface area (Å²) in [5.74, 6) is 0. The zero-order valence-corrected chi connectivity index (χ0v) is 12.7. The second kappa shape index (κ2) is 6.17. The minimum atomic E-state index is 0.500. The average molecular weight is 333 g/mol. The van der Waals surface area contributed by atoms with Crippen LogP contribution in [0.3, 0.4) is 0 Å². The molecular formula is C13H15BrClNS. The summed E-state index contributed by atoms with van der Waals surface area (Å²) in [6, 6.07) is 8.87. The lowest BCUT2D eigenvalue weighted by atomic mass is 10.1. The molecule has 2 rings (SSSR count). The van der Waals surface area contributed by atoms with E-state index in [0.717, 1.165) is 11.0 Å². The molecule has 0 atom stereocenters. The van der Waals surface area contributed by atoms with Crippen LogP contribution in [0.2, 0.25) is 0 Å². The van der Waals surface area contributed by atoms with Crippen molar-refractivity contribution in [3.8, 4) is 0 Å². The van der Waals surface area contributed by atoms with Gasteiger partial charge >= 0.3 is 0 Å². The van der Waals surface area contributed by atoms with E-state index >= 15 is 0 Å². The van der Waals surface area contributed by atoms with Crippen molar-refractivity contribution < 1.29 is 0 Å². The molecule has 0 N–H and O–H groups in total. The predicted octanol–water partition coefficient (Wildman–Crippen LogP) is 4.72. The molecule has 0 bridgehead atoms. The summed E-state index contributed by atoms with van der Waals surface area (Å²) in [5, 5.41) is 0. The highest BCUT2D eigenvalue weighted by Crippen LogP contribution is 2.26. The van der Waals surface area contributed by atoms with Gasteiger partial charge in [0.15, 0.2) is 4.45 Å². The summed E-state index contributed by atoms with van der Waals surface area (Å²) in [4.78, 5) is 2.16. The number of thiocarbonyl (C=S) groups is 1. The normalized spacial score (nSPS) is 16.1. The summed E-state index contributed by atoms with van der Waals surface area (Å²) < 4.78 is 1.60. The Labute approximate surface area is 121 Å². The van der Waals surface area contributed by atoms with Crippen LogP contribution in [0.15, 0.2) is 28.7 Å². The zero-order chi connectivity index (χ0) is 12.3. The maximum atomic E-state index is 6.05. The van der Waals surface area contributed by atoms with E-state index in [0.29, 0.717) is 10.5 Å². The van der Waals surface area contributed by atoms with Gasteiger partial charge in [0.1, 0.15) is 0 Å². The smallest absolute Gasteiger partial charge is 0.170 e. The highest BCUT2D eigenvalue weighted by atomic mass is 79.9. The third-order valence-electron chi connectivity index (χ3n) is 3.26. The SMILES string of the molecule is S=C(Cl)N(Cc1ccc(Br)cc1)C1CCCC1. The van der Waals surface area contributed by atoms with E-state index in [-0.39, 0.29) is 0 Å². The van der Waals surface area contributed by atoms with Crippen LogP contribution in [-0.2, 0) is 6.54 Å². The Morgan fingerprint density at radius 1 is 1.29 bits per heavy atom. The van der Waals surface area contributed by atoms with Crippen molar-refractivity contribution in [2.45, 2.75) is 38.3 Å². The van der Waals surface area contributed by atoms with Gasteiger partial charge in [-0.15, -0.1) is 0 Å². The van der Waals surface area contributed by atoms with E-state index in [4.69, 9.17) is 23.8 Å². The fourth-order valence-corrected chi connectivity index (χ4v) is 3.01. The molecular weight excluding hydrogens is 318 g/mol.